The highest BCUT2D eigenvalue weighted by atomic mass is 35.5. The maximum absolute atomic E-state index is 13.2. The summed E-state index contributed by atoms with van der Waals surface area (Å²) in [6, 6.07) is 1.73. The van der Waals surface area contributed by atoms with Crippen LogP contribution in [0.2, 0.25) is 5.02 Å². The highest BCUT2D eigenvalue weighted by Crippen LogP contribution is 2.26. The van der Waals surface area contributed by atoms with Gasteiger partial charge in [-0.25, -0.2) is 8.78 Å². The fraction of sp³-hybridized carbons (Fsp3) is 0.500. The van der Waals surface area contributed by atoms with E-state index in [9.17, 15) is 13.6 Å². The molecule has 1 aromatic rings. The molecule has 1 aromatic carbocycles. The summed E-state index contributed by atoms with van der Waals surface area (Å²) in [5.41, 5.74) is 0.0295. The Morgan fingerprint density at radius 1 is 1.21 bits per heavy atom. The second-order valence-corrected chi connectivity index (χ2v) is 5.81. The van der Waals surface area contributed by atoms with Crippen molar-refractivity contribution in [3.05, 3.63) is 34.4 Å². The molecule has 0 bridgehead atoms. The third kappa shape index (κ3) is 3.06. The molecule has 1 heterocycles. The quantitative estimate of drug-likeness (QED) is 0.721. The molecule has 1 aliphatic heterocycles. The van der Waals surface area contributed by atoms with Gasteiger partial charge in [-0.1, -0.05) is 25.4 Å². The first-order valence-electron chi connectivity index (χ1n) is 6.32. The number of piperidine rings is 1. The van der Waals surface area contributed by atoms with Crippen LogP contribution < -0.4 is 0 Å². The molecule has 0 unspecified atom stereocenters. The van der Waals surface area contributed by atoms with Crippen molar-refractivity contribution in [2.24, 2.45) is 11.8 Å². The van der Waals surface area contributed by atoms with Gasteiger partial charge in [0.2, 0.25) is 0 Å². The van der Waals surface area contributed by atoms with E-state index in [1.165, 1.54) is 0 Å². The lowest BCUT2D eigenvalue weighted by Gasteiger charge is -2.35. The Hall–Kier alpha value is -1.16. The summed E-state index contributed by atoms with van der Waals surface area (Å²) in [5, 5.41) is -0.0465. The molecule has 5 heteroatoms. The highest BCUT2D eigenvalue weighted by molar-refractivity contribution is 6.33. The van der Waals surface area contributed by atoms with Crippen molar-refractivity contribution < 1.29 is 13.6 Å². The summed E-state index contributed by atoms with van der Waals surface area (Å²) in [6.45, 7) is 5.39. The van der Waals surface area contributed by atoms with Crippen molar-refractivity contribution in [2.45, 2.75) is 20.3 Å². The molecule has 0 spiro atoms. The molecule has 2 rings (SSSR count). The first-order chi connectivity index (χ1) is 8.88. The number of hydrogen-bond donors (Lipinski definition) is 0. The zero-order chi connectivity index (χ0) is 14.2. The van der Waals surface area contributed by atoms with E-state index in [0.29, 0.717) is 24.9 Å². The van der Waals surface area contributed by atoms with Gasteiger partial charge in [-0.2, -0.15) is 0 Å². The first-order valence-corrected chi connectivity index (χ1v) is 6.70. The Kier molecular flexibility index (Phi) is 4.09. The summed E-state index contributed by atoms with van der Waals surface area (Å²) >= 11 is 5.83. The van der Waals surface area contributed by atoms with Crippen molar-refractivity contribution in [1.29, 1.82) is 0 Å². The topological polar surface area (TPSA) is 20.3 Å². The van der Waals surface area contributed by atoms with E-state index in [1.54, 1.807) is 4.90 Å². The van der Waals surface area contributed by atoms with Gasteiger partial charge in [0.25, 0.3) is 5.91 Å². The summed E-state index contributed by atoms with van der Waals surface area (Å²) in [7, 11) is 0. The molecule has 104 valence electrons. The van der Waals surface area contributed by atoms with E-state index in [0.717, 1.165) is 18.6 Å². The molecule has 0 saturated carbocycles. The largest absolute Gasteiger partial charge is 0.338 e. The van der Waals surface area contributed by atoms with Gasteiger partial charge in [0.1, 0.15) is 0 Å². The highest BCUT2D eigenvalue weighted by Gasteiger charge is 2.27. The second-order valence-electron chi connectivity index (χ2n) is 5.40. The van der Waals surface area contributed by atoms with Crippen LogP contribution in [0.3, 0.4) is 0 Å². The fourth-order valence-corrected chi connectivity index (χ4v) is 2.92. The molecule has 0 aliphatic carbocycles. The molecule has 0 N–H and O–H groups in total. The lowest BCUT2D eigenvalue weighted by Crippen LogP contribution is -2.42. The van der Waals surface area contributed by atoms with E-state index >= 15 is 0 Å². The first kappa shape index (κ1) is 14.3. The standard InChI is InChI=1S/C14H16ClF2NO/c1-8-3-9(2)7-18(6-8)14(19)10-4-12(16)13(17)5-11(10)15/h4-5,8-9H,3,6-7H2,1-2H3/t8-,9+. The Bertz CT molecular complexity index is 496. The zero-order valence-corrected chi connectivity index (χ0v) is 11.7. The van der Waals surface area contributed by atoms with Crippen LogP contribution in [0.4, 0.5) is 8.78 Å². The number of rotatable bonds is 1. The van der Waals surface area contributed by atoms with Crippen LogP contribution >= 0.6 is 11.6 Å². The SMILES string of the molecule is C[C@@H]1C[C@H](C)CN(C(=O)c2cc(F)c(F)cc2Cl)C1. The molecule has 1 fully saturated rings. The third-order valence-electron chi connectivity index (χ3n) is 3.40. The van der Waals surface area contributed by atoms with E-state index < -0.39 is 11.6 Å². The minimum absolute atomic E-state index is 0.0295. The number of likely N-dealkylation sites (tertiary alicyclic amines) is 1. The molecular weight excluding hydrogens is 272 g/mol. The van der Waals surface area contributed by atoms with Crippen LogP contribution in [0.15, 0.2) is 12.1 Å². The molecule has 2 nitrogen and oxygen atoms in total. The summed E-state index contributed by atoms with van der Waals surface area (Å²) in [4.78, 5) is 14.0. The predicted octanol–water partition coefficient (Wildman–Crippen LogP) is 3.74. The molecular formula is C14H16ClF2NO. The average molecular weight is 288 g/mol. The van der Waals surface area contributed by atoms with Crippen LogP contribution in [-0.2, 0) is 0 Å². The number of amides is 1. The Labute approximate surface area is 116 Å². The fourth-order valence-electron chi connectivity index (χ4n) is 2.69. The van der Waals surface area contributed by atoms with Crippen molar-refractivity contribution in [3.8, 4) is 0 Å². The number of benzene rings is 1. The van der Waals surface area contributed by atoms with Crippen molar-refractivity contribution in [2.75, 3.05) is 13.1 Å². The van der Waals surface area contributed by atoms with Gasteiger partial charge in [0.05, 0.1) is 10.6 Å². The monoisotopic (exact) mass is 287 g/mol. The van der Waals surface area contributed by atoms with Crippen LogP contribution in [0.5, 0.6) is 0 Å². The predicted molar refractivity (Wildman–Crippen MR) is 70.2 cm³/mol. The van der Waals surface area contributed by atoms with Gasteiger partial charge in [0.15, 0.2) is 11.6 Å². The molecule has 19 heavy (non-hydrogen) atoms. The Morgan fingerprint density at radius 2 is 1.74 bits per heavy atom. The third-order valence-corrected chi connectivity index (χ3v) is 3.71. The summed E-state index contributed by atoms with van der Waals surface area (Å²) < 4.78 is 26.2. The van der Waals surface area contributed by atoms with Gasteiger partial charge in [-0.05, 0) is 30.4 Å². The maximum atomic E-state index is 13.2. The molecule has 1 aliphatic rings. The number of carbonyl (C=O) groups is 1. The molecule has 0 aromatic heterocycles. The van der Waals surface area contributed by atoms with Gasteiger partial charge in [0, 0.05) is 13.1 Å². The average Bonchev–Trinajstić information content (AvgIpc) is 2.31. The van der Waals surface area contributed by atoms with Crippen LogP contribution in [0.1, 0.15) is 30.6 Å². The lowest BCUT2D eigenvalue weighted by atomic mass is 9.91. The number of nitrogens with zero attached hydrogens (tertiary/aromatic N) is 1. The normalized spacial score (nSPS) is 23.5. The summed E-state index contributed by atoms with van der Waals surface area (Å²) in [6.07, 6.45) is 1.06. The number of hydrogen-bond acceptors (Lipinski definition) is 1. The van der Waals surface area contributed by atoms with Crippen LogP contribution in [-0.4, -0.2) is 23.9 Å². The van der Waals surface area contributed by atoms with Crippen LogP contribution in [0, 0.1) is 23.5 Å². The van der Waals surface area contributed by atoms with E-state index in [-0.39, 0.29) is 16.5 Å². The minimum atomic E-state index is -1.05. The molecule has 1 amide bonds. The lowest BCUT2D eigenvalue weighted by molar-refractivity contribution is 0.0622. The summed E-state index contributed by atoms with van der Waals surface area (Å²) in [5.74, 6) is -1.62. The van der Waals surface area contributed by atoms with Gasteiger partial charge >= 0.3 is 0 Å². The van der Waals surface area contributed by atoms with Gasteiger partial charge < -0.3 is 4.90 Å². The molecule has 0 radical (unpaired) electrons. The van der Waals surface area contributed by atoms with Crippen molar-refractivity contribution >= 4 is 17.5 Å². The van der Waals surface area contributed by atoms with Crippen LogP contribution in [0.25, 0.3) is 0 Å². The van der Waals surface area contributed by atoms with Gasteiger partial charge in [-0.3, -0.25) is 4.79 Å². The second kappa shape index (κ2) is 5.45. The Balaban J connectivity index is 2.26. The van der Waals surface area contributed by atoms with Crippen molar-refractivity contribution in [3.63, 3.8) is 0 Å². The van der Waals surface area contributed by atoms with Gasteiger partial charge in [-0.15, -0.1) is 0 Å². The van der Waals surface area contributed by atoms with E-state index in [2.05, 4.69) is 13.8 Å². The zero-order valence-electron chi connectivity index (χ0n) is 10.9. The van der Waals surface area contributed by atoms with Crippen molar-refractivity contribution in [1.82, 2.24) is 4.90 Å². The number of carbonyl (C=O) groups excluding carboxylic acids is 1. The van der Waals surface area contributed by atoms with E-state index in [1.807, 2.05) is 0 Å². The maximum Gasteiger partial charge on any atom is 0.255 e. The number of halogens is 3. The minimum Gasteiger partial charge on any atom is -0.338 e. The van der Waals surface area contributed by atoms with E-state index in [4.69, 9.17) is 11.6 Å². The molecule has 2 atom stereocenters. The molecule has 1 saturated heterocycles. The Morgan fingerprint density at radius 3 is 2.32 bits per heavy atom. The smallest absolute Gasteiger partial charge is 0.255 e.